The topological polar surface area (TPSA) is 49.4 Å². The molecule has 114 valence electrons. The van der Waals surface area contributed by atoms with Crippen molar-refractivity contribution in [2.75, 3.05) is 19.6 Å². The zero-order valence-corrected chi connectivity index (χ0v) is 11.2. The number of carbonyl (C=O) groups excluding carboxylic acids is 2. The minimum absolute atomic E-state index is 0.0991. The lowest BCUT2D eigenvalue weighted by Crippen LogP contribution is -2.35. The van der Waals surface area contributed by atoms with E-state index in [9.17, 15) is 22.8 Å². The predicted octanol–water partition coefficient (Wildman–Crippen LogP) is 1.60. The van der Waals surface area contributed by atoms with Crippen LogP contribution in [0.2, 0.25) is 0 Å². The highest BCUT2D eigenvalue weighted by atomic mass is 19.4. The summed E-state index contributed by atoms with van der Waals surface area (Å²) in [5, 5.41) is 2.64. The molecule has 0 bridgehead atoms. The first kappa shape index (κ1) is 15.3. The highest BCUT2D eigenvalue weighted by Gasteiger charge is 2.30. The number of halogens is 3. The summed E-state index contributed by atoms with van der Waals surface area (Å²) in [6.45, 7) is 1.04. The maximum atomic E-state index is 12.6. The smallest absolute Gasteiger partial charge is 0.354 e. The lowest BCUT2D eigenvalue weighted by Gasteiger charge is -2.19. The monoisotopic (exact) mass is 300 g/mol. The first-order valence-electron chi connectivity index (χ1n) is 6.57. The Balaban J connectivity index is 2.04. The molecule has 1 aliphatic heterocycles. The summed E-state index contributed by atoms with van der Waals surface area (Å²) >= 11 is 0. The summed E-state index contributed by atoms with van der Waals surface area (Å²) in [7, 11) is 0. The van der Waals surface area contributed by atoms with Crippen LogP contribution in [0, 0.1) is 0 Å². The van der Waals surface area contributed by atoms with Crippen molar-refractivity contribution >= 4 is 11.8 Å². The Morgan fingerprint density at radius 1 is 1.29 bits per heavy atom. The van der Waals surface area contributed by atoms with Crippen molar-refractivity contribution in [3.05, 3.63) is 35.4 Å². The molecule has 0 atom stereocenters. The SMILES string of the molecule is O=C1CCN(C(=O)Cc2cccc(C(F)(F)F)c2)CCN1. The van der Waals surface area contributed by atoms with Gasteiger partial charge in [0.1, 0.15) is 0 Å². The summed E-state index contributed by atoms with van der Waals surface area (Å²) in [5.74, 6) is -0.393. The minimum atomic E-state index is -4.42. The number of rotatable bonds is 2. The average molecular weight is 300 g/mol. The Morgan fingerprint density at radius 2 is 2.05 bits per heavy atom. The lowest BCUT2D eigenvalue weighted by atomic mass is 10.1. The van der Waals surface area contributed by atoms with Gasteiger partial charge in [-0.1, -0.05) is 18.2 Å². The van der Waals surface area contributed by atoms with E-state index in [0.29, 0.717) is 25.2 Å². The van der Waals surface area contributed by atoms with Crippen molar-refractivity contribution < 1.29 is 22.8 Å². The van der Waals surface area contributed by atoms with Crippen LogP contribution in [0.5, 0.6) is 0 Å². The fraction of sp³-hybridized carbons (Fsp3) is 0.429. The first-order valence-corrected chi connectivity index (χ1v) is 6.57. The molecule has 21 heavy (non-hydrogen) atoms. The van der Waals surface area contributed by atoms with Gasteiger partial charge in [0.25, 0.3) is 0 Å². The molecule has 4 nitrogen and oxygen atoms in total. The molecule has 2 amide bonds. The lowest BCUT2D eigenvalue weighted by molar-refractivity contribution is -0.138. The predicted molar refractivity (Wildman–Crippen MR) is 69.4 cm³/mol. The van der Waals surface area contributed by atoms with Crippen molar-refractivity contribution in [3.8, 4) is 0 Å². The average Bonchev–Trinajstić information content (AvgIpc) is 2.63. The van der Waals surface area contributed by atoms with Gasteiger partial charge in [0, 0.05) is 26.1 Å². The Morgan fingerprint density at radius 3 is 2.76 bits per heavy atom. The molecule has 1 N–H and O–H groups in total. The maximum Gasteiger partial charge on any atom is 0.416 e. The Labute approximate surface area is 119 Å². The van der Waals surface area contributed by atoms with Gasteiger partial charge < -0.3 is 10.2 Å². The number of hydrogen-bond donors (Lipinski definition) is 1. The largest absolute Gasteiger partial charge is 0.416 e. The Hall–Kier alpha value is -2.05. The van der Waals surface area contributed by atoms with E-state index in [4.69, 9.17) is 0 Å². The van der Waals surface area contributed by atoms with Gasteiger partial charge in [0.05, 0.1) is 12.0 Å². The van der Waals surface area contributed by atoms with Gasteiger partial charge in [-0.3, -0.25) is 9.59 Å². The molecule has 0 unspecified atom stereocenters. The van der Waals surface area contributed by atoms with Gasteiger partial charge in [-0.25, -0.2) is 0 Å². The molecule has 0 aliphatic carbocycles. The van der Waals surface area contributed by atoms with E-state index in [0.717, 1.165) is 12.1 Å². The second kappa shape index (κ2) is 6.15. The summed E-state index contributed by atoms with van der Waals surface area (Å²) in [6.07, 6.45) is -4.30. The van der Waals surface area contributed by atoms with E-state index in [1.54, 1.807) is 0 Å². The molecule has 1 saturated heterocycles. The van der Waals surface area contributed by atoms with E-state index in [1.807, 2.05) is 0 Å². The van der Waals surface area contributed by atoms with Gasteiger partial charge in [0.15, 0.2) is 0 Å². The Kier molecular flexibility index (Phi) is 4.50. The van der Waals surface area contributed by atoms with E-state index in [1.165, 1.54) is 17.0 Å². The normalized spacial score (nSPS) is 16.3. The third-order valence-corrected chi connectivity index (χ3v) is 3.28. The number of amides is 2. The fourth-order valence-electron chi connectivity index (χ4n) is 2.16. The van der Waals surface area contributed by atoms with Crippen LogP contribution in [-0.2, 0) is 22.2 Å². The third kappa shape index (κ3) is 4.21. The summed E-state index contributed by atoms with van der Waals surface area (Å²) in [6, 6.07) is 4.74. The van der Waals surface area contributed by atoms with Gasteiger partial charge in [-0.15, -0.1) is 0 Å². The molecule has 0 saturated carbocycles. The van der Waals surface area contributed by atoms with Gasteiger partial charge >= 0.3 is 6.18 Å². The molecule has 1 fully saturated rings. The van der Waals surface area contributed by atoms with E-state index >= 15 is 0 Å². The fourth-order valence-corrected chi connectivity index (χ4v) is 2.16. The molecule has 0 aromatic heterocycles. The summed E-state index contributed by atoms with van der Waals surface area (Å²) in [4.78, 5) is 24.8. The standard InChI is InChI=1S/C14H15F3N2O2/c15-14(16,17)11-3-1-2-10(8-11)9-13(21)19-6-4-12(20)18-5-7-19/h1-3,8H,4-7,9H2,(H,18,20). The van der Waals surface area contributed by atoms with Gasteiger partial charge in [-0.2, -0.15) is 13.2 Å². The van der Waals surface area contributed by atoms with E-state index in [2.05, 4.69) is 5.32 Å². The van der Waals surface area contributed by atoms with Crippen LogP contribution in [0.3, 0.4) is 0 Å². The summed E-state index contributed by atoms with van der Waals surface area (Å²) < 4.78 is 37.8. The molecule has 0 spiro atoms. The number of hydrogen-bond acceptors (Lipinski definition) is 2. The maximum absolute atomic E-state index is 12.6. The first-order chi connectivity index (χ1) is 9.86. The van der Waals surface area contributed by atoms with Crippen LogP contribution < -0.4 is 5.32 Å². The number of benzene rings is 1. The molecule has 1 aromatic rings. The quantitative estimate of drug-likeness (QED) is 0.902. The number of carbonyl (C=O) groups is 2. The molecule has 7 heteroatoms. The van der Waals surface area contributed by atoms with Crippen molar-refractivity contribution in [2.24, 2.45) is 0 Å². The van der Waals surface area contributed by atoms with E-state index < -0.39 is 11.7 Å². The van der Waals surface area contributed by atoms with Gasteiger partial charge in [0.2, 0.25) is 11.8 Å². The molecule has 1 heterocycles. The molecule has 1 aromatic carbocycles. The van der Waals surface area contributed by atoms with Crippen LogP contribution in [0.1, 0.15) is 17.5 Å². The molecule has 0 radical (unpaired) electrons. The van der Waals surface area contributed by atoms with E-state index in [-0.39, 0.29) is 24.7 Å². The third-order valence-electron chi connectivity index (χ3n) is 3.28. The number of alkyl halides is 3. The minimum Gasteiger partial charge on any atom is -0.354 e. The van der Waals surface area contributed by atoms with Crippen LogP contribution in [0.15, 0.2) is 24.3 Å². The van der Waals surface area contributed by atoms with Gasteiger partial charge in [-0.05, 0) is 11.6 Å². The highest BCUT2D eigenvalue weighted by molar-refractivity contribution is 5.81. The second-order valence-electron chi connectivity index (χ2n) is 4.86. The van der Waals surface area contributed by atoms with Crippen molar-refractivity contribution in [2.45, 2.75) is 19.0 Å². The van der Waals surface area contributed by atoms with Crippen LogP contribution in [-0.4, -0.2) is 36.3 Å². The van der Waals surface area contributed by atoms with Crippen molar-refractivity contribution in [1.29, 1.82) is 0 Å². The molecular formula is C14H15F3N2O2. The number of nitrogens with one attached hydrogen (secondary N) is 1. The molecule has 2 rings (SSSR count). The molecular weight excluding hydrogens is 285 g/mol. The highest BCUT2D eigenvalue weighted by Crippen LogP contribution is 2.29. The van der Waals surface area contributed by atoms with Crippen molar-refractivity contribution in [1.82, 2.24) is 10.2 Å². The van der Waals surface area contributed by atoms with Crippen LogP contribution in [0.4, 0.5) is 13.2 Å². The summed E-state index contributed by atoms with van der Waals surface area (Å²) in [5.41, 5.74) is -0.445. The second-order valence-corrected chi connectivity index (χ2v) is 4.86. The zero-order valence-electron chi connectivity index (χ0n) is 11.2. The van der Waals surface area contributed by atoms with Crippen LogP contribution in [0.25, 0.3) is 0 Å². The molecule has 1 aliphatic rings. The van der Waals surface area contributed by atoms with Crippen molar-refractivity contribution in [3.63, 3.8) is 0 Å². The number of nitrogens with zero attached hydrogens (tertiary/aromatic N) is 1. The zero-order chi connectivity index (χ0) is 15.5. The Bertz CT molecular complexity index is 543. The van der Waals surface area contributed by atoms with Crippen LogP contribution >= 0.6 is 0 Å².